The summed E-state index contributed by atoms with van der Waals surface area (Å²) in [7, 11) is 0. The van der Waals surface area contributed by atoms with Gasteiger partial charge in [0.2, 0.25) is 0 Å². The minimum Gasteiger partial charge on any atom is -0.352 e. The van der Waals surface area contributed by atoms with Gasteiger partial charge in [-0.1, -0.05) is 0 Å². The smallest absolute Gasteiger partial charge is 0.352 e. The molecule has 0 aliphatic carbocycles. The van der Waals surface area contributed by atoms with Gasteiger partial charge in [0.1, 0.15) is 0 Å². The van der Waals surface area contributed by atoms with E-state index >= 15 is 0 Å². The predicted octanol–water partition coefficient (Wildman–Crippen LogP) is 7.14. The maximum absolute atomic E-state index is 13.6. The Balaban J connectivity index is 7.41. The maximum Gasteiger partial charge on any atom is 0.460 e. The Morgan fingerprint density at radius 3 is 0.537 bits per heavy atom. The molecule has 0 aliphatic rings. The molecule has 0 saturated carbocycles. The van der Waals surface area contributed by atoms with Gasteiger partial charge < -0.3 is 10.2 Å². The summed E-state index contributed by atoms with van der Waals surface area (Å²) in [5, 5.41) is 16.2. The van der Waals surface area contributed by atoms with E-state index in [1.54, 1.807) is 0 Å². The number of hydrogen-bond acceptors (Lipinski definition) is 2. The summed E-state index contributed by atoms with van der Waals surface area (Å²) < 4.78 is 337. The van der Waals surface area contributed by atoms with Crippen LogP contribution in [-0.2, 0) is 0 Å². The Hall–Kier alpha value is -1.90. The number of halogens is 26. The Morgan fingerprint density at radius 1 is 0.195 bits per heavy atom. The van der Waals surface area contributed by atoms with Crippen LogP contribution in [0, 0.1) is 0 Å². The Morgan fingerprint density at radius 2 is 0.341 bits per heavy atom. The van der Waals surface area contributed by atoms with Gasteiger partial charge in [-0.3, -0.25) is 0 Å². The van der Waals surface area contributed by atoms with Crippen LogP contribution in [0.5, 0.6) is 0 Å². The molecule has 248 valence electrons. The molecule has 2 nitrogen and oxygen atoms in total. The molecule has 0 aromatic rings. The van der Waals surface area contributed by atoms with E-state index in [9.17, 15) is 114 Å². The van der Waals surface area contributed by atoms with Crippen molar-refractivity contribution >= 4 is 0 Å². The quantitative estimate of drug-likeness (QED) is 0.241. The van der Waals surface area contributed by atoms with Crippen molar-refractivity contribution in [2.75, 3.05) is 0 Å². The van der Waals surface area contributed by atoms with Crippen molar-refractivity contribution < 1.29 is 124 Å². The van der Waals surface area contributed by atoms with Gasteiger partial charge in [-0.05, 0) is 0 Å². The van der Waals surface area contributed by atoms with E-state index in [1.807, 2.05) is 0 Å². The normalized spacial score (nSPS) is 19.6. The first-order valence-corrected chi connectivity index (χ1v) is 8.36. The Labute approximate surface area is 203 Å². The highest BCUT2D eigenvalue weighted by atomic mass is 19.4. The van der Waals surface area contributed by atoms with Crippen molar-refractivity contribution in [3.05, 3.63) is 0 Å². The van der Waals surface area contributed by atoms with E-state index in [0.29, 0.717) is 0 Å². The second-order valence-corrected chi connectivity index (χ2v) is 7.41. The minimum atomic E-state index is -9.70. The van der Waals surface area contributed by atoms with Crippen molar-refractivity contribution in [1.29, 1.82) is 0 Å². The number of alkyl halides is 26. The highest BCUT2D eigenvalue weighted by Gasteiger charge is 2.99. The fourth-order valence-corrected chi connectivity index (χ4v) is 2.17. The van der Waals surface area contributed by atoms with Gasteiger partial charge in [0.25, 0.3) is 0 Å². The van der Waals surface area contributed by atoms with Crippen molar-refractivity contribution in [1.82, 2.24) is 0 Å². The monoisotopic (exact) mass is 684 g/mol. The van der Waals surface area contributed by atoms with Crippen molar-refractivity contribution in [3.63, 3.8) is 0 Å². The summed E-state index contributed by atoms with van der Waals surface area (Å²) in [6.45, 7) is 0. The number of rotatable bonds is 10. The molecule has 41 heavy (non-hydrogen) atoms. The average molecular weight is 684 g/mol. The first-order valence-electron chi connectivity index (χ1n) is 8.36. The summed E-state index contributed by atoms with van der Waals surface area (Å²) in [5.41, 5.74) is 0. The van der Waals surface area contributed by atoms with E-state index < -0.39 is 77.4 Å². The van der Waals surface area contributed by atoms with E-state index in [4.69, 9.17) is 10.2 Å². The first-order chi connectivity index (χ1) is 17.0. The molecule has 2 atom stereocenters. The molecule has 0 aliphatic heterocycles. The topological polar surface area (TPSA) is 40.5 Å². The molecule has 0 aromatic heterocycles. The van der Waals surface area contributed by atoms with Gasteiger partial charge in [-0.15, -0.1) is 0 Å². The first kappa shape index (κ1) is 39.1. The lowest BCUT2D eigenvalue weighted by molar-refractivity contribution is -0.503. The molecule has 0 amide bonds. The summed E-state index contributed by atoms with van der Waals surface area (Å²) in [6.07, 6.45) is -16.3. The zero-order valence-corrected chi connectivity index (χ0v) is 17.2. The molecule has 2 unspecified atom stereocenters. The van der Waals surface area contributed by atoms with E-state index in [0.717, 1.165) is 0 Å². The van der Waals surface area contributed by atoms with Crippen LogP contribution in [0.1, 0.15) is 0 Å². The number of hydrogen-bond donors (Lipinski definition) is 2. The fourth-order valence-electron chi connectivity index (χ4n) is 2.17. The molecule has 0 aromatic carbocycles. The second-order valence-electron chi connectivity index (χ2n) is 7.41. The standard InChI is InChI=1S/C13H2F26O2/c14-1(15,2(16,17)4(20,21)6(24,25)8(28,29)12(34,35)36)3(18,19)5(22,23)7(26,27)10(32,40)11(33,41)9(30,31)13(37,38)39/h40-41H. The summed E-state index contributed by atoms with van der Waals surface area (Å²) in [4.78, 5) is 0. The summed E-state index contributed by atoms with van der Waals surface area (Å²) in [5.74, 6) is -101. The predicted molar refractivity (Wildman–Crippen MR) is 68.7 cm³/mol. The molecule has 0 saturated heterocycles. The molecule has 0 heterocycles. The van der Waals surface area contributed by atoms with Crippen LogP contribution in [-0.4, -0.2) is 87.6 Å². The highest BCUT2D eigenvalue weighted by molar-refractivity contribution is 5.19. The molecule has 2 N–H and O–H groups in total. The minimum absolute atomic E-state index is 8.04. The lowest BCUT2D eigenvalue weighted by atomic mass is 9.83. The van der Waals surface area contributed by atoms with Crippen LogP contribution in [0.25, 0.3) is 0 Å². The highest BCUT2D eigenvalue weighted by Crippen LogP contribution is 2.67. The van der Waals surface area contributed by atoms with Gasteiger partial charge in [0, 0.05) is 0 Å². The van der Waals surface area contributed by atoms with Gasteiger partial charge in [-0.2, -0.15) is 114 Å². The van der Waals surface area contributed by atoms with E-state index in [2.05, 4.69) is 0 Å². The molecule has 0 spiro atoms. The number of aliphatic hydroxyl groups is 2. The van der Waals surface area contributed by atoms with Gasteiger partial charge in [-0.25, -0.2) is 0 Å². The summed E-state index contributed by atoms with van der Waals surface area (Å²) >= 11 is 0. The third kappa shape index (κ3) is 4.41. The largest absolute Gasteiger partial charge is 0.460 e. The van der Waals surface area contributed by atoms with Gasteiger partial charge in [0.05, 0.1) is 0 Å². The third-order valence-electron chi connectivity index (χ3n) is 4.74. The van der Waals surface area contributed by atoms with Crippen LogP contribution in [0.15, 0.2) is 0 Å². The Bertz CT molecular complexity index is 889. The van der Waals surface area contributed by atoms with Crippen LogP contribution in [0.3, 0.4) is 0 Å². The van der Waals surface area contributed by atoms with Gasteiger partial charge in [0.15, 0.2) is 0 Å². The average Bonchev–Trinajstić information content (AvgIpc) is 2.70. The molecular weight excluding hydrogens is 682 g/mol. The van der Waals surface area contributed by atoms with Crippen LogP contribution in [0.2, 0.25) is 0 Å². The van der Waals surface area contributed by atoms with E-state index in [-0.39, 0.29) is 0 Å². The molecular formula is C13H2F26O2. The molecule has 0 bridgehead atoms. The SMILES string of the molecule is OC(F)(C(O)(F)C(F)(F)C(F)(F)C(F)(F)C(F)(F)C(F)(F)C(F)(F)C(F)(F)C(F)(F)C(F)(F)F)C(F)(F)C(F)(F)F. The fraction of sp³-hybridized carbons (Fsp3) is 1.00. The molecule has 0 radical (unpaired) electrons. The zero-order chi connectivity index (χ0) is 34.5. The van der Waals surface area contributed by atoms with Crippen molar-refractivity contribution in [2.24, 2.45) is 0 Å². The Kier molecular flexibility index (Phi) is 8.64. The van der Waals surface area contributed by atoms with Crippen molar-refractivity contribution in [3.8, 4) is 0 Å². The van der Waals surface area contributed by atoms with Crippen LogP contribution >= 0.6 is 0 Å². The van der Waals surface area contributed by atoms with E-state index in [1.165, 1.54) is 0 Å². The van der Waals surface area contributed by atoms with Crippen LogP contribution in [0.4, 0.5) is 114 Å². The van der Waals surface area contributed by atoms with Crippen molar-refractivity contribution in [2.45, 2.75) is 77.4 Å². The van der Waals surface area contributed by atoms with Gasteiger partial charge >= 0.3 is 77.4 Å². The molecule has 0 fully saturated rings. The molecule has 0 rings (SSSR count). The maximum atomic E-state index is 13.6. The van der Waals surface area contributed by atoms with Crippen LogP contribution < -0.4 is 0 Å². The summed E-state index contributed by atoms with van der Waals surface area (Å²) in [6, 6.07) is 0. The second kappa shape index (κ2) is 9.06. The lowest BCUT2D eigenvalue weighted by Crippen LogP contribution is -2.80. The molecule has 28 heteroatoms. The third-order valence-corrected chi connectivity index (χ3v) is 4.74. The lowest BCUT2D eigenvalue weighted by Gasteiger charge is -2.46. The zero-order valence-electron chi connectivity index (χ0n) is 17.2.